The van der Waals surface area contributed by atoms with E-state index in [4.69, 9.17) is 5.14 Å². The van der Waals surface area contributed by atoms with Crippen LogP contribution in [0.2, 0.25) is 0 Å². The van der Waals surface area contributed by atoms with E-state index in [0.717, 1.165) is 31.6 Å². The lowest BCUT2D eigenvalue weighted by atomic mass is 10.1. The Labute approximate surface area is 161 Å². The van der Waals surface area contributed by atoms with Gasteiger partial charge in [0.15, 0.2) is 0 Å². The first-order valence-electron chi connectivity index (χ1n) is 8.34. The second-order valence-corrected chi connectivity index (χ2v) is 8.62. The zero-order chi connectivity index (χ0) is 18.7. The van der Waals surface area contributed by atoms with Gasteiger partial charge in [-0.05, 0) is 65.5 Å². The molecule has 0 aliphatic carbocycles. The number of carbonyl (C=O) groups is 1. The third-order valence-corrected chi connectivity index (χ3v) is 5.96. The molecule has 1 heterocycles. The van der Waals surface area contributed by atoms with E-state index in [1.54, 1.807) is 0 Å². The maximum atomic E-state index is 12.8. The lowest BCUT2D eigenvalue weighted by Crippen LogP contribution is -2.30. The molecule has 2 aromatic rings. The van der Waals surface area contributed by atoms with E-state index in [1.807, 2.05) is 24.3 Å². The van der Waals surface area contributed by atoms with Crippen molar-refractivity contribution in [3.63, 3.8) is 0 Å². The molecular formula is C18H20BrN3O3S. The Balaban J connectivity index is 1.89. The standard InChI is InChI=1S/C18H20BrN3O3S/c19-15-9-8-13(26(20,24)25)12-14(15)18(23)21-16-6-2-3-7-17(16)22-10-4-1-5-11-22/h2-3,6-9,12H,1,4-5,10-11H2,(H,21,23)(H2,20,24,25). The van der Waals surface area contributed by atoms with Crippen molar-refractivity contribution in [1.82, 2.24) is 0 Å². The van der Waals surface area contributed by atoms with Crippen LogP contribution in [-0.2, 0) is 10.0 Å². The fourth-order valence-electron chi connectivity index (χ4n) is 3.03. The predicted octanol–water partition coefficient (Wildman–Crippen LogP) is 3.34. The number of hydrogen-bond acceptors (Lipinski definition) is 4. The van der Waals surface area contributed by atoms with Crippen LogP contribution in [0.15, 0.2) is 51.8 Å². The summed E-state index contributed by atoms with van der Waals surface area (Å²) in [6.45, 7) is 1.91. The van der Waals surface area contributed by atoms with Gasteiger partial charge in [-0.1, -0.05) is 12.1 Å². The number of anilines is 2. The summed E-state index contributed by atoms with van der Waals surface area (Å²) >= 11 is 3.30. The number of carbonyl (C=O) groups excluding carboxylic acids is 1. The van der Waals surface area contributed by atoms with E-state index < -0.39 is 15.9 Å². The summed E-state index contributed by atoms with van der Waals surface area (Å²) in [6.07, 6.45) is 3.48. The molecule has 2 aromatic carbocycles. The number of hydrogen-bond donors (Lipinski definition) is 2. The van der Waals surface area contributed by atoms with Gasteiger partial charge >= 0.3 is 0 Å². The smallest absolute Gasteiger partial charge is 0.256 e. The van der Waals surface area contributed by atoms with Crippen LogP contribution in [0.25, 0.3) is 0 Å². The molecule has 0 unspecified atom stereocenters. The summed E-state index contributed by atoms with van der Waals surface area (Å²) in [5, 5.41) is 8.07. The van der Waals surface area contributed by atoms with Crippen LogP contribution in [0.1, 0.15) is 29.6 Å². The number of halogens is 1. The molecule has 1 aliphatic rings. The van der Waals surface area contributed by atoms with Gasteiger partial charge in [0.05, 0.1) is 21.8 Å². The fraction of sp³-hybridized carbons (Fsp3) is 0.278. The predicted molar refractivity (Wildman–Crippen MR) is 106 cm³/mol. The highest BCUT2D eigenvalue weighted by Gasteiger charge is 2.19. The van der Waals surface area contributed by atoms with E-state index >= 15 is 0 Å². The van der Waals surface area contributed by atoms with Crippen molar-refractivity contribution in [2.24, 2.45) is 5.14 Å². The largest absolute Gasteiger partial charge is 0.370 e. The lowest BCUT2D eigenvalue weighted by molar-refractivity contribution is 0.102. The number of piperidine rings is 1. The number of rotatable bonds is 4. The first kappa shape index (κ1) is 18.9. The quantitative estimate of drug-likeness (QED) is 0.766. The molecule has 1 aliphatic heterocycles. The molecule has 0 bridgehead atoms. The molecule has 26 heavy (non-hydrogen) atoms. The molecule has 0 spiro atoms. The summed E-state index contributed by atoms with van der Waals surface area (Å²) in [7, 11) is -3.88. The van der Waals surface area contributed by atoms with E-state index in [-0.39, 0.29) is 10.5 Å². The Hall–Kier alpha value is -1.90. The van der Waals surface area contributed by atoms with Gasteiger partial charge in [0, 0.05) is 17.6 Å². The zero-order valence-electron chi connectivity index (χ0n) is 14.1. The van der Waals surface area contributed by atoms with Crippen molar-refractivity contribution in [3.8, 4) is 0 Å². The summed E-state index contributed by atoms with van der Waals surface area (Å²) in [5.41, 5.74) is 1.89. The SMILES string of the molecule is NS(=O)(=O)c1ccc(Br)c(C(=O)Nc2ccccc2N2CCCCC2)c1. The van der Waals surface area contributed by atoms with Crippen molar-refractivity contribution < 1.29 is 13.2 Å². The highest BCUT2D eigenvalue weighted by Crippen LogP contribution is 2.29. The molecule has 0 aromatic heterocycles. The second-order valence-electron chi connectivity index (χ2n) is 6.21. The van der Waals surface area contributed by atoms with Crippen LogP contribution in [0.4, 0.5) is 11.4 Å². The Bertz CT molecular complexity index is 925. The molecule has 0 radical (unpaired) electrons. The van der Waals surface area contributed by atoms with E-state index in [0.29, 0.717) is 10.2 Å². The highest BCUT2D eigenvalue weighted by atomic mass is 79.9. The summed E-state index contributed by atoms with van der Waals surface area (Å²) in [4.78, 5) is 14.9. The molecule has 0 saturated carbocycles. The molecule has 6 nitrogen and oxygen atoms in total. The van der Waals surface area contributed by atoms with Crippen LogP contribution in [0.3, 0.4) is 0 Å². The fourth-order valence-corrected chi connectivity index (χ4v) is 4.00. The van der Waals surface area contributed by atoms with Crippen LogP contribution in [-0.4, -0.2) is 27.4 Å². The van der Waals surface area contributed by atoms with Gasteiger partial charge < -0.3 is 10.2 Å². The van der Waals surface area contributed by atoms with Crippen LogP contribution >= 0.6 is 15.9 Å². The van der Waals surface area contributed by atoms with Gasteiger partial charge in [0.25, 0.3) is 5.91 Å². The number of nitrogens with two attached hydrogens (primary N) is 1. The normalized spacial score (nSPS) is 14.9. The monoisotopic (exact) mass is 437 g/mol. The maximum absolute atomic E-state index is 12.8. The molecular weight excluding hydrogens is 418 g/mol. The maximum Gasteiger partial charge on any atom is 0.256 e. The van der Waals surface area contributed by atoms with Gasteiger partial charge in [-0.25, -0.2) is 13.6 Å². The molecule has 1 amide bonds. The number of amides is 1. The minimum Gasteiger partial charge on any atom is -0.370 e. The van der Waals surface area contributed by atoms with Crippen LogP contribution < -0.4 is 15.4 Å². The van der Waals surface area contributed by atoms with Crippen molar-refractivity contribution in [1.29, 1.82) is 0 Å². The van der Waals surface area contributed by atoms with Crippen molar-refractivity contribution in [2.75, 3.05) is 23.3 Å². The molecule has 3 rings (SSSR count). The first-order valence-corrected chi connectivity index (χ1v) is 10.7. The van der Waals surface area contributed by atoms with Crippen molar-refractivity contribution in [3.05, 3.63) is 52.5 Å². The van der Waals surface area contributed by atoms with Crippen molar-refractivity contribution in [2.45, 2.75) is 24.2 Å². The van der Waals surface area contributed by atoms with Gasteiger partial charge in [-0.3, -0.25) is 4.79 Å². The Morgan fingerprint density at radius 2 is 1.77 bits per heavy atom. The Morgan fingerprint density at radius 3 is 2.46 bits per heavy atom. The van der Waals surface area contributed by atoms with Gasteiger partial charge in [0.2, 0.25) is 10.0 Å². The van der Waals surface area contributed by atoms with Crippen molar-refractivity contribution >= 4 is 43.2 Å². The lowest BCUT2D eigenvalue weighted by Gasteiger charge is -2.30. The minimum absolute atomic E-state index is 0.102. The molecule has 138 valence electrons. The number of sulfonamides is 1. The second kappa shape index (κ2) is 7.77. The summed E-state index contributed by atoms with van der Waals surface area (Å²) < 4.78 is 23.6. The first-order chi connectivity index (χ1) is 12.4. The number of benzene rings is 2. The average Bonchev–Trinajstić information content (AvgIpc) is 2.62. The Morgan fingerprint density at radius 1 is 1.08 bits per heavy atom. The Kier molecular flexibility index (Phi) is 5.64. The number of nitrogens with one attached hydrogen (secondary N) is 1. The molecule has 8 heteroatoms. The molecule has 1 saturated heterocycles. The third kappa shape index (κ3) is 4.25. The van der Waals surface area contributed by atoms with E-state index in [2.05, 4.69) is 26.1 Å². The topological polar surface area (TPSA) is 92.5 Å². The van der Waals surface area contributed by atoms with Gasteiger partial charge in [0.1, 0.15) is 0 Å². The van der Waals surface area contributed by atoms with Crippen LogP contribution in [0.5, 0.6) is 0 Å². The van der Waals surface area contributed by atoms with E-state index in [9.17, 15) is 13.2 Å². The minimum atomic E-state index is -3.88. The highest BCUT2D eigenvalue weighted by molar-refractivity contribution is 9.10. The number of para-hydroxylation sites is 2. The average molecular weight is 438 g/mol. The molecule has 1 fully saturated rings. The van der Waals surface area contributed by atoms with E-state index in [1.165, 1.54) is 24.6 Å². The van der Waals surface area contributed by atoms with Gasteiger partial charge in [-0.2, -0.15) is 0 Å². The zero-order valence-corrected chi connectivity index (χ0v) is 16.5. The summed E-state index contributed by atoms with van der Waals surface area (Å²) in [5.74, 6) is -0.396. The molecule has 0 atom stereocenters. The van der Waals surface area contributed by atoms with Crippen LogP contribution in [0, 0.1) is 0 Å². The third-order valence-electron chi connectivity index (χ3n) is 4.36. The number of primary sulfonamides is 1. The van der Waals surface area contributed by atoms with Gasteiger partial charge in [-0.15, -0.1) is 0 Å². The summed E-state index contributed by atoms with van der Waals surface area (Å²) in [6, 6.07) is 11.8. The molecule has 3 N–H and O–H groups in total. The number of nitrogens with zero attached hydrogens (tertiary/aromatic N) is 1.